The predicted octanol–water partition coefficient (Wildman–Crippen LogP) is 2.54. The van der Waals surface area contributed by atoms with Crippen molar-refractivity contribution in [1.82, 2.24) is 10.6 Å². The zero-order chi connectivity index (χ0) is 19.3. The minimum Gasteiger partial charge on any atom is -0.376 e. The first kappa shape index (κ1) is 22.7. The predicted molar refractivity (Wildman–Crippen MR) is 111 cm³/mol. The highest BCUT2D eigenvalue weighted by atomic mass is 35.5. The lowest BCUT2D eigenvalue weighted by Gasteiger charge is -2.37. The summed E-state index contributed by atoms with van der Waals surface area (Å²) in [4.78, 5) is 24.9. The molecule has 1 aliphatic heterocycles. The maximum atomic E-state index is 12.6. The molecule has 7 heteroatoms. The van der Waals surface area contributed by atoms with Gasteiger partial charge in [0.1, 0.15) is 0 Å². The van der Waals surface area contributed by atoms with Crippen LogP contribution in [-0.2, 0) is 16.1 Å². The highest BCUT2D eigenvalue weighted by Gasteiger charge is 2.37. The summed E-state index contributed by atoms with van der Waals surface area (Å²) in [5, 5.41) is 5.92. The number of rotatable bonds is 6. The molecule has 1 saturated heterocycles. The highest BCUT2D eigenvalue weighted by Crippen LogP contribution is 2.31. The van der Waals surface area contributed by atoms with Crippen molar-refractivity contribution in [2.24, 2.45) is 11.7 Å². The number of nitrogens with one attached hydrogen (secondary N) is 2. The fourth-order valence-corrected chi connectivity index (χ4v) is 4.04. The molecule has 156 valence electrons. The van der Waals surface area contributed by atoms with Gasteiger partial charge in [-0.15, -0.1) is 12.4 Å². The normalized spacial score (nSPS) is 26.9. The quantitative estimate of drug-likeness (QED) is 0.673. The fraction of sp³-hybridized carbons (Fsp3) is 0.619. The first-order valence-corrected chi connectivity index (χ1v) is 10.0. The molecular formula is C21H32ClN3O3. The molecule has 28 heavy (non-hydrogen) atoms. The molecule has 1 heterocycles. The molecule has 1 aromatic carbocycles. The lowest BCUT2D eigenvalue weighted by Crippen LogP contribution is -2.52. The van der Waals surface area contributed by atoms with E-state index in [4.69, 9.17) is 10.5 Å². The maximum absolute atomic E-state index is 12.6. The van der Waals surface area contributed by atoms with E-state index in [0.717, 1.165) is 50.7 Å². The number of benzene rings is 1. The molecule has 3 unspecified atom stereocenters. The molecule has 0 aromatic heterocycles. The number of nitrogens with two attached hydrogens (primary N) is 1. The van der Waals surface area contributed by atoms with E-state index in [0.29, 0.717) is 18.7 Å². The number of carbonyl (C=O) groups excluding carboxylic acids is 2. The summed E-state index contributed by atoms with van der Waals surface area (Å²) >= 11 is 0. The molecule has 1 aliphatic carbocycles. The molecule has 6 nitrogen and oxygen atoms in total. The van der Waals surface area contributed by atoms with E-state index in [2.05, 4.69) is 10.6 Å². The zero-order valence-corrected chi connectivity index (χ0v) is 17.4. The van der Waals surface area contributed by atoms with Crippen molar-refractivity contribution >= 4 is 24.2 Å². The summed E-state index contributed by atoms with van der Waals surface area (Å²) in [5.41, 5.74) is 7.38. The van der Waals surface area contributed by atoms with Crippen molar-refractivity contribution in [3.63, 3.8) is 0 Å². The largest absolute Gasteiger partial charge is 0.376 e. The fourth-order valence-electron chi connectivity index (χ4n) is 4.04. The van der Waals surface area contributed by atoms with Crippen molar-refractivity contribution in [2.45, 2.75) is 63.6 Å². The Kier molecular flexibility index (Phi) is 8.28. The van der Waals surface area contributed by atoms with E-state index in [-0.39, 0.29) is 36.2 Å². The second-order valence-electron chi connectivity index (χ2n) is 8.07. The van der Waals surface area contributed by atoms with Crippen molar-refractivity contribution in [3.05, 3.63) is 35.4 Å². The van der Waals surface area contributed by atoms with Gasteiger partial charge in [-0.25, -0.2) is 0 Å². The van der Waals surface area contributed by atoms with Crippen LogP contribution in [0.3, 0.4) is 0 Å². The third-order valence-electron chi connectivity index (χ3n) is 5.74. The standard InChI is InChI=1S/C21H31N3O3.ClH/c1-21(22)10-3-2-9-18(21)20(26)23-13-15-6-4-7-16(12-15)19(25)24-14-17-8-5-11-27-17;/h4,6-7,12,17-18H,2-3,5,8-11,13-14,22H2,1H3,(H,23,26)(H,24,25);1H. The Morgan fingerprint density at radius 1 is 1.21 bits per heavy atom. The Hall–Kier alpha value is -1.63. The maximum Gasteiger partial charge on any atom is 0.251 e. The summed E-state index contributed by atoms with van der Waals surface area (Å²) < 4.78 is 5.53. The van der Waals surface area contributed by atoms with Crippen LogP contribution in [0.4, 0.5) is 0 Å². The summed E-state index contributed by atoms with van der Waals surface area (Å²) in [6.07, 6.45) is 6.02. The minimum absolute atomic E-state index is 0. The van der Waals surface area contributed by atoms with E-state index in [1.54, 1.807) is 6.07 Å². The number of carbonyl (C=O) groups is 2. The monoisotopic (exact) mass is 409 g/mol. The van der Waals surface area contributed by atoms with E-state index in [1.807, 2.05) is 25.1 Å². The smallest absolute Gasteiger partial charge is 0.251 e. The molecule has 1 aromatic rings. The molecule has 4 N–H and O–H groups in total. The van der Waals surface area contributed by atoms with Crippen LogP contribution in [0.25, 0.3) is 0 Å². The van der Waals surface area contributed by atoms with Crippen LogP contribution in [0.2, 0.25) is 0 Å². The molecule has 3 atom stereocenters. The van der Waals surface area contributed by atoms with Gasteiger partial charge >= 0.3 is 0 Å². The van der Waals surface area contributed by atoms with E-state index in [9.17, 15) is 9.59 Å². The molecule has 2 fully saturated rings. The van der Waals surface area contributed by atoms with Crippen LogP contribution in [0, 0.1) is 5.92 Å². The Bertz CT molecular complexity index is 675. The summed E-state index contributed by atoms with van der Waals surface area (Å²) in [7, 11) is 0. The molecule has 3 rings (SSSR count). The third-order valence-corrected chi connectivity index (χ3v) is 5.74. The number of halogens is 1. The Balaban J connectivity index is 0.00000280. The van der Waals surface area contributed by atoms with Gasteiger partial charge in [-0.1, -0.05) is 25.0 Å². The number of ether oxygens (including phenoxy) is 1. The molecular weight excluding hydrogens is 378 g/mol. The lowest BCUT2D eigenvalue weighted by molar-refractivity contribution is -0.128. The van der Waals surface area contributed by atoms with Gasteiger partial charge in [0.2, 0.25) is 5.91 Å². The van der Waals surface area contributed by atoms with Crippen LogP contribution in [0.1, 0.15) is 61.4 Å². The van der Waals surface area contributed by atoms with Crippen LogP contribution in [0.5, 0.6) is 0 Å². The minimum atomic E-state index is -0.438. The van der Waals surface area contributed by atoms with Crippen LogP contribution in [0.15, 0.2) is 24.3 Å². The molecule has 0 radical (unpaired) electrons. The topological polar surface area (TPSA) is 93.5 Å². The van der Waals surface area contributed by atoms with Crippen LogP contribution in [-0.4, -0.2) is 36.6 Å². The van der Waals surface area contributed by atoms with Gasteiger partial charge in [0, 0.05) is 30.8 Å². The van der Waals surface area contributed by atoms with Gasteiger partial charge in [0.15, 0.2) is 0 Å². The first-order chi connectivity index (χ1) is 13.0. The van der Waals surface area contributed by atoms with Crippen LogP contribution < -0.4 is 16.4 Å². The Morgan fingerprint density at radius 2 is 2.04 bits per heavy atom. The van der Waals surface area contributed by atoms with E-state index >= 15 is 0 Å². The SMILES string of the molecule is CC1(N)CCCCC1C(=O)NCc1cccc(C(=O)NCC2CCCO2)c1.Cl. The summed E-state index contributed by atoms with van der Waals surface area (Å²) in [6.45, 7) is 3.68. The highest BCUT2D eigenvalue weighted by molar-refractivity contribution is 5.94. The molecule has 0 bridgehead atoms. The van der Waals surface area contributed by atoms with Crippen molar-refractivity contribution < 1.29 is 14.3 Å². The second-order valence-corrected chi connectivity index (χ2v) is 8.07. The van der Waals surface area contributed by atoms with Gasteiger partial charge in [0.25, 0.3) is 5.91 Å². The lowest BCUT2D eigenvalue weighted by atomic mass is 9.74. The van der Waals surface area contributed by atoms with Gasteiger partial charge in [-0.05, 0) is 50.3 Å². The Labute approximate surface area is 173 Å². The average Bonchev–Trinajstić information content (AvgIpc) is 3.17. The van der Waals surface area contributed by atoms with Crippen LogP contribution >= 0.6 is 12.4 Å². The van der Waals surface area contributed by atoms with Crippen molar-refractivity contribution in [3.8, 4) is 0 Å². The van der Waals surface area contributed by atoms with E-state index < -0.39 is 5.54 Å². The third kappa shape index (κ3) is 5.93. The van der Waals surface area contributed by atoms with E-state index in [1.165, 1.54) is 0 Å². The van der Waals surface area contributed by atoms with Crippen molar-refractivity contribution in [2.75, 3.05) is 13.2 Å². The van der Waals surface area contributed by atoms with Gasteiger partial charge in [0.05, 0.1) is 12.0 Å². The number of amides is 2. The molecule has 0 spiro atoms. The summed E-state index contributed by atoms with van der Waals surface area (Å²) in [5.74, 6) is -0.252. The average molecular weight is 410 g/mol. The number of hydrogen-bond acceptors (Lipinski definition) is 4. The van der Waals surface area contributed by atoms with Gasteiger partial charge in [-0.2, -0.15) is 0 Å². The molecule has 1 saturated carbocycles. The van der Waals surface area contributed by atoms with Crippen molar-refractivity contribution in [1.29, 1.82) is 0 Å². The molecule has 2 amide bonds. The number of hydrogen-bond donors (Lipinski definition) is 3. The summed E-state index contributed by atoms with van der Waals surface area (Å²) in [6, 6.07) is 7.37. The van der Waals surface area contributed by atoms with Gasteiger partial charge < -0.3 is 21.1 Å². The second kappa shape index (κ2) is 10.2. The molecule has 2 aliphatic rings. The van der Waals surface area contributed by atoms with Gasteiger partial charge in [-0.3, -0.25) is 9.59 Å². The first-order valence-electron chi connectivity index (χ1n) is 10.0. The zero-order valence-electron chi connectivity index (χ0n) is 16.5. The Morgan fingerprint density at radius 3 is 2.75 bits per heavy atom.